The molecule has 184 valence electrons. The van der Waals surface area contributed by atoms with Crippen molar-refractivity contribution in [3.8, 4) is 17.6 Å². The Kier molecular flexibility index (Phi) is 9.80. The Hall–Kier alpha value is -3.89. The number of anilines is 1. The van der Waals surface area contributed by atoms with Gasteiger partial charge in [0.05, 0.1) is 39.0 Å². The lowest BCUT2D eigenvalue weighted by Crippen LogP contribution is -2.25. The zero-order valence-electron chi connectivity index (χ0n) is 21.6. The van der Waals surface area contributed by atoms with Crippen LogP contribution in [-0.4, -0.2) is 32.9 Å². The van der Waals surface area contributed by atoms with Gasteiger partial charge in [-0.25, -0.2) is 15.0 Å². The number of methoxy groups -OCH3 is 2. The lowest BCUT2D eigenvalue weighted by Gasteiger charge is -2.26. The highest BCUT2D eigenvalue weighted by molar-refractivity contribution is 5.72. The summed E-state index contributed by atoms with van der Waals surface area (Å²) in [5.74, 6) is 1.34. The molecule has 1 aromatic carbocycles. The molecule has 0 unspecified atom stereocenters. The largest absolute Gasteiger partial charge is 0.505 e. The van der Waals surface area contributed by atoms with E-state index in [-0.39, 0.29) is 17.2 Å². The number of nitrogens with zero attached hydrogens (tertiary/aromatic N) is 4. The minimum absolute atomic E-state index is 0.0268. The third kappa shape index (κ3) is 6.17. The van der Waals surface area contributed by atoms with E-state index < -0.39 is 5.60 Å². The van der Waals surface area contributed by atoms with Gasteiger partial charge in [0, 0.05) is 36.5 Å². The number of nitriles is 1. The second-order valence-corrected chi connectivity index (χ2v) is 8.68. The van der Waals surface area contributed by atoms with Gasteiger partial charge in [0.15, 0.2) is 0 Å². The van der Waals surface area contributed by atoms with Crippen LogP contribution < -0.4 is 14.4 Å². The van der Waals surface area contributed by atoms with E-state index in [1.807, 2.05) is 24.3 Å². The molecule has 1 aromatic rings. The summed E-state index contributed by atoms with van der Waals surface area (Å²) in [5.41, 5.74) is 1.42. The molecule has 0 amide bonds. The monoisotopic (exact) mass is 474 g/mol. The van der Waals surface area contributed by atoms with Crippen molar-refractivity contribution < 1.29 is 14.2 Å². The topological polar surface area (TPSA) is 63.4 Å². The fourth-order valence-corrected chi connectivity index (χ4v) is 3.95. The van der Waals surface area contributed by atoms with Crippen LogP contribution in [0.5, 0.6) is 11.5 Å². The van der Waals surface area contributed by atoms with Gasteiger partial charge < -0.3 is 19.1 Å². The minimum Gasteiger partial charge on any atom is -0.505 e. The van der Waals surface area contributed by atoms with Crippen LogP contribution in [0.2, 0.25) is 0 Å². The summed E-state index contributed by atoms with van der Waals surface area (Å²) in [7, 11) is 3.25. The standard InChI is InChI=1S/C28H34N4O3/c1-9-11-15-32(16-12-10-2)20-17-24(33-7)21(25(18-20)34-8)13-14-22-26(31-6)27(23(19-29)30-5)35-28(22,3)4/h13-14,17-18H,9-12,15-16H2,1-4,7-8H3/b14-13+,27-23+. The summed E-state index contributed by atoms with van der Waals surface area (Å²) in [5, 5.41) is 9.30. The maximum atomic E-state index is 9.30. The Morgan fingerprint density at radius 3 is 2.09 bits per heavy atom. The molecule has 0 saturated heterocycles. The first kappa shape index (κ1) is 27.4. The SMILES string of the molecule is [C-]#[N+]C1=C(/C=C/c2c(OC)cc(N(CCCC)CCCC)cc2OC)C(C)(C)O/C1=C(\C#N)[N+]#[C-]. The minimum atomic E-state index is -0.879. The Morgan fingerprint density at radius 1 is 1.09 bits per heavy atom. The fraction of sp³-hybridized carbons (Fsp3) is 0.464. The first-order valence-corrected chi connectivity index (χ1v) is 11.8. The van der Waals surface area contributed by atoms with Crippen molar-refractivity contribution in [2.24, 2.45) is 0 Å². The molecular formula is C28H34N4O3. The summed E-state index contributed by atoms with van der Waals surface area (Å²) in [6.45, 7) is 24.8. The summed E-state index contributed by atoms with van der Waals surface area (Å²) >= 11 is 0. The maximum Gasteiger partial charge on any atom is 0.292 e. The molecule has 0 aromatic heterocycles. The number of unbranched alkanes of at least 4 members (excludes halogenated alkanes) is 2. The Morgan fingerprint density at radius 2 is 1.66 bits per heavy atom. The van der Waals surface area contributed by atoms with E-state index in [2.05, 4.69) is 28.4 Å². The molecule has 0 saturated carbocycles. The lowest BCUT2D eigenvalue weighted by atomic mass is 9.96. The van der Waals surface area contributed by atoms with E-state index in [1.54, 1.807) is 34.1 Å². The molecule has 0 atom stereocenters. The van der Waals surface area contributed by atoms with Crippen LogP contribution >= 0.6 is 0 Å². The average molecular weight is 475 g/mol. The third-order valence-corrected chi connectivity index (χ3v) is 5.89. The number of hydrogen-bond acceptors (Lipinski definition) is 5. The summed E-state index contributed by atoms with van der Waals surface area (Å²) < 4.78 is 17.4. The molecule has 0 bridgehead atoms. The maximum absolute atomic E-state index is 9.30. The van der Waals surface area contributed by atoms with Gasteiger partial charge in [-0.15, -0.1) is 0 Å². The van der Waals surface area contributed by atoms with E-state index >= 15 is 0 Å². The van der Waals surface area contributed by atoms with E-state index in [1.165, 1.54) is 0 Å². The number of ether oxygens (including phenoxy) is 3. The number of rotatable bonds is 11. The normalized spacial score (nSPS) is 15.7. The Labute approximate surface area is 209 Å². The van der Waals surface area contributed by atoms with Gasteiger partial charge in [0.1, 0.15) is 22.9 Å². The molecule has 35 heavy (non-hydrogen) atoms. The predicted octanol–water partition coefficient (Wildman–Crippen LogP) is 6.76. The lowest BCUT2D eigenvalue weighted by molar-refractivity contribution is 0.0952. The van der Waals surface area contributed by atoms with Crippen LogP contribution in [0.25, 0.3) is 15.8 Å². The molecule has 7 nitrogen and oxygen atoms in total. The van der Waals surface area contributed by atoms with Crippen molar-refractivity contribution in [3.63, 3.8) is 0 Å². The van der Waals surface area contributed by atoms with E-state index in [0.717, 1.165) is 50.0 Å². The quantitative estimate of drug-likeness (QED) is 0.262. The van der Waals surface area contributed by atoms with E-state index in [0.29, 0.717) is 17.1 Å². The molecule has 0 radical (unpaired) electrons. The molecule has 1 heterocycles. The van der Waals surface area contributed by atoms with Gasteiger partial charge >= 0.3 is 0 Å². The first-order chi connectivity index (χ1) is 16.8. The van der Waals surface area contributed by atoms with Crippen LogP contribution in [-0.2, 0) is 4.74 Å². The highest BCUT2D eigenvalue weighted by Gasteiger charge is 2.38. The van der Waals surface area contributed by atoms with Crippen LogP contribution in [0.4, 0.5) is 5.69 Å². The molecule has 7 heteroatoms. The molecule has 1 aliphatic rings. The van der Waals surface area contributed by atoms with E-state index in [4.69, 9.17) is 27.4 Å². The van der Waals surface area contributed by atoms with Crippen molar-refractivity contribution in [3.05, 3.63) is 69.3 Å². The third-order valence-electron chi connectivity index (χ3n) is 5.89. The Balaban J connectivity index is 2.60. The highest BCUT2D eigenvalue weighted by atomic mass is 16.5. The number of hydrogen-bond donors (Lipinski definition) is 0. The molecule has 0 N–H and O–H groups in total. The zero-order valence-corrected chi connectivity index (χ0v) is 21.6. The van der Waals surface area contributed by atoms with Crippen molar-refractivity contribution in [2.45, 2.75) is 59.0 Å². The average Bonchev–Trinajstić information content (AvgIpc) is 3.12. The van der Waals surface area contributed by atoms with Gasteiger partial charge in [0.25, 0.3) is 5.70 Å². The van der Waals surface area contributed by atoms with Crippen molar-refractivity contribution in [1.29, 1.82) is 5.26 Å². The number of allylic oxidation sites excluding steroid dienone is 1. The zero-order chi connectivity index (χ0) is 26.0. The summed E-state index contributed by atoms with van der Waals surface area (Å²) in [6.07, 6.45) is 8.05. The van der Waals surface area contributed by atoms with Gasteiger partial charge in [-0.3, -0.25) is 0 Å². The van der Waals surface area contributed by atoms with Crippen LogP contribution in [0.1, 0.15) is 58.9 Å². The van der Waals surface area contributed by atoms with Gasteiger partial charge in [-0.1, -0.05) is 32.8 Å². The highest BCUT2D eigenvalue weighted by Crippen LogP contribution is 2.43. The van der Waals surface area contributed by atoms with Crippen LogP contribution in [0.3, 0.4) is 0 Å². The molecule has 2 rings (SSSR count). The van der Waals surface area contributed by atoms with Gasteiger partial charge in [0.2, 0.25) is 5.70 Å². The molecule has 0 aliphatic carbocycles. The van der Waals surface area contributed by atoms with Gasteiger partial charge in [-0.2, -0.15) is 0 Å². The van der Waals surface area contributed by atoms with E-state index in [9.17, 15) is 5.26 Å². The Bertz CT molecular complexity index is 1090. The van der Waals surface area contributed by atoms with Crippen molar-refractivity contribution in [2.75, 3.05) is 32.2 Å². The van der Waals surface area contributed by atoms with Crippen LogP contribution in [0.15, 0.2) is 40.9 Å². The number of benzene rings is 1. The smallest absolute Gasteiger partial charge is 0.292 e. The fourth-order valence-electron chi connectivity index (χ4n) is 3.95. The second-order valence-electron chi connectivity index (χ2n) is 8.68. The second kappa shape index (κ2) is 12.5. The molecule has 0 fully saturated rings. The molecule has 0 spiro atoms. The van der Waals surface area contributed by atoms with Crippen LogP contribution in [0, 0.1) is 24.5 Å². The molecular weight excluding hydrogens is 440 g/mol. The summed E-state index contributed by atoms with van der Waals surface area (Å²) in [6, 6.07) is 5.87. The predicted molar refractivity (Wildman–Crippen MR) is 139 cm³/mol. The summed E-state index contributed by atoms with van der Waals surface area (Å²) in [4.78, 5) is 9.18. The molecule has 1 aliphatic heterocycles. The van der Waals surface area contributed by atoms with Crippen molar-refractivity contribution >= 4 is 11.8 Å². The first-order valence-electron chi connectivity index (χ1n) is 11.8. The van der Waals surface area contributed by atoms with Gasteiger partial charge in [-0.05, 0) is 32.8 Å². The van der Waals surface area contributed by atoms with Crippen molar-refractivity contribution in [1.82, 2.24) is 0 Å².